The highest BCUT2D eigenvalue weighted by Gasteiger charge is 2.16. The SMILES string of the molecule is N#CCOC(=O)c1ccccc1SCC(=O)NC1CCCCCCC1. The number of nitriles is 1. The molecule has 0 spiro atoms. The van der Waals surface area contributed by atoms with E-state index in [0.29, 0.717) is 10.5 Å². The summed E-state index contributed by atoms with van der Waals surface area (Å²) in [5.74, 6) is -0.278. The quantitative estimate of drug-likeness (QED) is 0.618. The second-order valence-corrected chi connectivity index (χ2v) is 7.15. The predicted molar refractivity (Wildman–Crippen MR) is 97.3 cm³/mol. The molecule has 2 rings (SSSR count). The van der Waals surface area contributed by atoms with Crippen molar-refractivity contribution in [2.24, 2.45) is 0 Å². The molecule has 134 valence electrons. The molecule has 25 heavy (non-hydrogen) atoms. The Morgan fingerprint density at radius 3 is 2.56 bits per heavy atom. The zero-order chi connectivity index (χ0) is 17.9. The fraction of sp³-hybridized carbons (Fsp3) is 0.526. The van der Waals surface area contributed by atoms with Crippen molar-refractivity contribution in [3.8, 4) is 6.07 Å². The van der Waals surface area contributed by atoms with Gasteiger partial charge in [0.1, 0.15) is 6.07 Å². The highest BCUT2D eigenvalue weighted by atomic mass is 32.2. The number of carbonyl (C=O) groups is 2. The number of carbonyl (C=O) groups excluding carboxylic acids is 2. The van der Waals surface area contributed by atoms with Gasteiger partial charge in [0.25, 0.3) is 0 Å². The molecule has 1 fully saturated rings. The van der Waals surface area contributed by atoms with Crippen molar-refractivity contribution in [1.29, 1.82) is 5.26 Å². The molecule has 1 aromatic carbocycles. The fourth-order valence-electron chi connectivity index (χ4n) is 2.95. The molecule has 1 amide bonds. The minimum absolute atomic E-state index is 0.00392. The molecule has 0 aliphatic heterocycles. The summed E-state index contributed by atoms with van der Waals surface area (Å²) in [6.45, 7) is -0.278. The highest BCUT2D eigenvalue weighted by molar-refractivity contribution is 8.00. The maximum Gasteiger partial charge on any atom is 0.340 e. The van der Waals surface area contributed by atoms with Gasteiger partial charge < -0.3 is 10.1 Å². The molecule has 1 aliphatic carbocycles. The smallest absolute Gasteiger partial charge is 0.340 e. The molecular weight excluding hydrogens is 336 g/mol. The number of nitrogens with zero attached hydrogens (tertiary/aromatic N) is 1. The molecular formula is C19H24N2O3S. The van der Waals surface area contributed by atoms with Crippen LogP contribution in [0.25, 0.3) is 0 Å². The molecule has 1 saturated carbocycles. The molecule has 0 bridgehead atoms. The first-order chi connectivity index (χ1) is 12.2. The van der Waals surface area contributed by atoms with Gasteiger partial charge in [0, 0.05) is 10.9 Å². The standard InChI is InChI=1S/C19H24N2O3S/c20-12-13-24-19(23)16-10-6-7-11-17(16)25-14-18(22)21-15-8-4-2-1-3-5-9-15/h6-7,10-11,15H,1-5,8-9,13-14H2,(H,21,22). The largest absolute Gasteiger partial charge is 0.447 e. The van der Waals surface area contributed by atoms with Crippen molar-refractivity contribution < 1.29 is 14.3 Å². The number of amides is 1. The number of hydrogen-bond acceptors (Lipinski definition) is 5. The van der Waals surface area contributed by atoms with Crippen LogP contribution in [0, 0.1) is 11.3 Å². The Morgan fingerprint density at radius 2 is 1.84 bits per heavy atom. The summed E-state index contributed by atoms with van der Waals surface area (Å²) in [7, 11) is 0. The molecule has 0 radical (unpaired) electrons. The van der Waals surface area contributed by atoms with Gasteiger partial charge in [0.15, 0.2) is 6.61 Å². The molecule has 1 aliphatic rings. The molecule has 0 aromatic heterocycles. The van der Waals surface area contributed by atoms with Gasteiger partial charge in [-0.3, -0.25) is 4.79 Å². The van der Waals surface area contributed by atoms with Gasteiger partial charge in [-0.15, -0.1) is 11.8 Å². The maximum atomic E-state index is 12.2. The van der Waals surface area contributed by atoms with Crippen molar-refractivity contribution in [2.75, 3.05) is 12.4 Å². The van der Waals surface area contributed by atoms with Gasteiger partial charge in [-0.25, -0.2) is 4.79 Å². The van der Waals surface area contributed by atoms with Crippen molar-refractivity contribution >= 4 is 23.6 Å². The number of benzene rings is 1. The minimum atomic E-state index is -0.537. The number of ether oxygens (including phenoxy) is 1. The third-order valence-corrected chi connectivity index (χ3v) is 5.28. The molecule has 0 unspecified atom stereocenters. The van der Waals surface area contributed by atoms with Crippen LogP contribution in [0.5, 0.6) is 0 Å². The average molecular weight is 360 g/mol. The molecule has 6 heteroatoms. The lowest BCUT2D eigenvalue weighted by atomic mass is 9.97. The van der Waals surface area contributed by atoms with Crippen molar-refractivity contribution in [3.63, 3.8) is 0 Å². The van der Waals surface area contributed by atoms with Gasteiger partial charge in [-0.2, -0.15) is 5.26 Å². The van der Waals surface area contributed by atoms with Crippen LogP contribution in [0.3, 0.4) is 0 Å². The summed E-state index contributed by atoms with van der Waals surface area (Å²) in [4.78, 5) is 24.9. The van der Waals surface area contributed by atoms with Gasteiger partial charge in [-0.05, 0) is 25.0 Å². The third-order valence-electron chi connectivity index (χ3n) is 4.20. The Labute approximate surface area is 153 Å². The molecule has 0 heterocycles. The maximum absolute atomic E-state index is 12.2. The molecule has 0 atom stereocenters. The molecule has 1 N–H and O–H groups in total. The Morgan fingerprint density at radius 1 is 1.16 bits per heavy atom. The first-order valence-electron chi connectivity index (χ1n) is 8.76. The number of nitrogens with one attached hydrogen (secondary N) is 1. The average Bonchev–Trinajstić information content (AvgIpc) is 2.60. The van der Waals surface area contributed by atoms with E-state index in [4.69, 9.17) is 10.00 Å². The lowest BCUT2D eigenvalue weighted by Gasteiger charge is -2.21. The Hall–Kier alpha value is -2.00. The van der Waals surface area contributed by atoms with E-state index in [1.807, 2.05) is 6.07 Å². The van der Waals surface area contributed by atoms with E-state index in [2.05, 4.69) is 5.32 Å². The van der Waals surface area contributed by atoms with E-state index in [-0.39, 0.29) is 24.3 Å². The molecule has 5 nitrogen and oxygen atoms in total. The first-order valence-corrected chi connectivity index (χ1v) is 9.74. The van der Waals surface area contributed by atoms with Gasteiger partial charge in [0.2, 0.25) is 5.91 Å². The van der Waals surface area contributed by atoms with Crippen LogP contribution >= 0.6 is 11.8 Å². The Balaban J connectivity index is 1.86. The molecule has 1 aromatic rings. The fourth-order valence-corrected chi connectivity index (χ4v) is 3.80. The summed E-state index contributed by atoms with van der Waals surface area (Å²) >= 11 is 1.32. The summed E-state index contributed by atoms with van der Waals surface area (Å²) < 4.78 is 4.86. The van der Waals surface area contributed by atoms with E-state index >= 15 is 0 Å². The van der Waals surface area contributed by atoms with Gasteiger partial charge in [-0.1, -0.05) is 44.2 Å². The molecule has 0 saturated heterocycles. The normalized spacial score (nSPS) is 15.5. The Kier molecular flexibility index (Phi) is 8.33. The van der Waals surface area contributed by atoms with Crippen LogP contribution < -0.4 is 5.32 Å². The lowest BCUT2D eigenvalue weighted by Crippen LogP contribution is -2.36. The zero-order valence-corrected chi connectivity index (χ0v) is 15.1. The monoisotopic (exact) mass is 360 g/mol. The van der Waals surface area contributed by atoms with E-state index in [1.165, 1.54) is 43.9 Å². The van der Waals surface area contributed by atoms with Crippen LogP contribution in [-0.4, -0.2) is 30.3 Å². The number of rotatable bonds is 6. The van der Waals surface area contributed by atoms with E-state index < -0.39 is 5.97 Å². The summed E-state index contributed by atoms with van der Waals surface area (Å²) in [5, 5.41) is 11.6. The van der Waals surface area contributed by atoms with Crippen molar-refractivity contribution in [1.82, 2.24) is 5.32 Å². The Bertz CT molecular complexity index is 619. The number of thioether (sulfide) groups is 1. The first kappa shape index (κ1) is 19.3. The summed E-state index contributed by atoms with van der Waals surface area (Å²) in [6, 6.07) is 9.04. The van der Waals surface area contributed by atoms with Crippen LogP contribution in [0.2, 0.25) is 0 Å². The minimum Gasteiger partial charge on any atom is -0.447 e. The number of hydrogen-bond donors (Lipinski definition) is 1. The van der Waals surface area contributed by atoms with E-state index in [1.54, 1.807) is 24.3 Å². The van der Waals surface area contributed by atoms with E-state index in [9.17, 15) is 9.59 Å². The van der Waals surface area contributed by atoms with Crippen LogP contribution in [0.4, 0.5) is 0 Å². The zero-order valence-electron chi connectivity index (χ0n) is 14.3. The third kappa shape index (κ3) is 6.79. The predicted octanol–water partition coefficient (Wildman–Crippen LogP) is 3.69. The van der Waals surface area contributed by atoms with Crippen LogP contribution in [0.15, 0.2) is 29.2 Å². The van der Waals surface area contributed by atoms with Crippen molar-refractivity contribution in [2.45, 2.75) is 55.9 Å². The van der Waals surface area contributed by atoms with Crippen LogP contribution in [0.1, 0.15) is 55.3 Å². The second kappa shape index (κ2) is 10.8. The summed E-state index contributed by atoms with van der Waals surface area (Å²) in [6.07, 6.45) is 8.24. The van der Waals surface area contributed by atoms with Gasteiger partial charge in [0.05, 0.1) is 11.3 Å². The highest BCUT2D eigenvalue weighted by Crippen LogP contribution is 2.23. The summed E-state index contributed by atoms with van der Waals surface area (Å²) in [5.41, 5.74) is 0.390. The van der Waals surface area contributed by atoms with E-state index in [0.717, 1.165) is 12.8 Å². The topological polar surface area (TPSA) is 79.2 Å². The van der Waals surface area contributed by atoms with Gasteiger partial charge >= 0.3 is 5.97 Å². The van der Waals surface area contributed by atoms with Crippen LogP contribution in [-0.2, 0) is 9.53 Å². The second-order valence-electron chi connectivity index (χ2n) is 6.13. The number of esters is 1. The lowest BCUT2D eigenvalue weighted by molar-refractivity contribution is -0.119. The van der Waals surface area contributed by atoms with Crippen molar-refractivity contribution in [3.05, 3.63) is 29.8 Å².